The van der Waals surface area contributed by atoms with E-state index >= 15 is 0 Å². The average molecular weight is 227 g/mol. The number of halogens is 1. The van der Waals surface area contributed by atoms with Crippen LogP contribution in [0.4, 0.5) is 4.39 Å². The van der Waals surface area contributed by atoms with Gasteiger partial charge >= 0.3 is 0 Å². The fraction of sp³-hybridized carbons (Fsp3) is 0.500. The molecule has 0 saturated heterocycles. The monoisotopic (exact) mass is 227 g/mol. The van der Waals surface area contributed by atoms with Crippen molar-refractivity contribution in [3.05, 3.63) is 29.8 Å². The van der Waals surface area contributed by atoms with E-state index in [4.69, 9.17) is 15.2 Å². The van der Waals surface area contributed by atoms with Gasteiger partial charge in [0.05, 0.1) is 13.2 Å². The van der Waals surface area contributed by atoms with Gasteiger partial charge in [0.15, 0.2) is 0 Å². The van der Waals surface area contributed by atoms with E-state index in [0.717, 1.165) is 12.2 Å². The molecule has 0 radical (unpaired) electrons. The van der Waals surface area contributed by atoms with E-state index in [9.17, 15) is 4.39 Å². The van der Waals surface area contributed by atoms with Crippen LogP contribution < -0.4 is 10.5 Å². The van der Waals surface area contributed by atoms with Gasteiger partial charge in [0, 0.05) is 0 Å². The smallest absolute Gasteiger partial charge is 0.119 e. The van der Waals surface area contributed by atoms with Gasteiger partial charge in [-0.3, -0.25) is 0 Å². The van der Waals surface area contributed by atoms with Gasteiger partial charge < -0.3 is 15.2 Å². The summed E-state index contributed by atoms with van der Waals surface area (Å²) in [6, 6.07) is 7.79. The number of alkyl halides is 1. The standard InChI is InChI=1S/C12H18FNO2/c13-6-8-15-9-10-16-12-3-1-11(2-4-12)5-7-14/h1-4H,5-10,14H2. The summed E-state index contributed by atoms with van der Waals surface area (Å²) in [5, 5.41) is 0. The first kappa shape index (κ1) is 12.9. The summed E-state index contributed by atoms with van der Waals surface area (Å²) in [6.45, 7) is 1.19. The van der Waals surface area contributed by atoms with Crippen molar-refractivity contribution in [1.29, 1.82) is 0 Å². The minimum atomic E-state index is -0.451. The minimum Gasteiger partial charge on any atom is -0.491 e. The predicted molar refractivity (Wildman–Crippen MR) is 61.5 cm³/mol. The van der Waals surface area contributed by atoms with Crippen molar-refractivity contribution in [2.75, 3.05) is 33.0 Å². The van der Waals surface area contributed by atoms with E-state index in [1.54, 1.807) is 0 Å². The molecular weight excluding hydrogens is 209 g/mol. The molecule has 2 N–H and O–H groups in total. The van der Waals surface area contributed by atoms with Crippen LogP contribution in [-0.4, -0.2) is 33.0 Å². The minimum absolute atomic E-state index is 0.138. The molecule has 0 bridgehead atoms. The number of benzene rings is 1. The molecule has 0 heterocycles. The third-order valence-corrected chi connectivity index (χ3v) is 2.07. The van der Waals surface area contributed by atoms with Gasteiger partial charge in [0.2, 0.25) is 0 Å². The Labute approximate surface area is 95.4 Å². The van der Waals surface area contributed by atoms with Crippen LogP contribution in [0.3, 0.4) is 0 Å². The molecule has 4 heteroatoms. The first-order valence-corrected chi connectivity index (χ1v) is 5.42. The highest BCUT2D eigenvalue weighted by Gasteiger charge is 1.95. The topological polar surface area (TPSA) is 44.5 Å². The maximum atomic E-state index is 11.7. The molecule has 0 atom stereocenters. The first-order chi connectivity index (χ1) is 7.86. The molecule has 0 aliphatic carbocycles. The molecule has 0 saturated carbocycles. The first-order valence-electron chi connectivity index (χ1n) is 5.42. The van der Waals surface area contributed by atoms with Crippen LogP contribution in [0.1, 0.15) is 5.56 Å². The molecule has 90 valence electrons. The second-order valence-electron chi connectivity index (χ2n) is 3.33. The van der Waals surface area contributed by atoms with Gasteiger partial charge in [-0.25, -0.2) is 4.39 Å². The third kappa shape index (κ3) is 5.09. The zero-order valence-electron chi connectivity index (χ0n) is 9.32. The molecule has 3 nitrogen and oxygen atoms in total. The van der Waals surface area contributed by atoms with Crippen molar-refractivity contribution in [2.24, 2.45) is 5.73 Å². The molecule has 0 amide bonds. The Bertz CT molecular complexity index is 277. The molecule has 0 aromatic heterocycles. The molecule has 16 heavy (non-hydrogen) atoms. The molecule has 0 spiro atoms. The van der Waals surface area contributed by atoms with E-state index in [1.807, 2.05) is 24.3 Å². The van der Waals surface area contributed by atoms with Gasteiger partial charge in [-0.2, -0.15) is 0 Å². The van der Waals surface area contributed by atoms with E-state index in [-0.39, 0.29) is 6.61 Å². The highest BCUT2D eigenvalue weighted by molar-refractivity contribution is 5.27. The predicted octanol–water partition coefficient (Wildman–Crippen LogP) is 1.55. The van der Waals surface area contributed by atoms with Crippen molar-refractivity contribution in [3.8, 4) is 5.75 Å². The fourth-order valence-electron chi connectivity index (χ4n) is 1.29. The highest BCUT2D eigenvalue weighted by Crippen LogP contribution is 2.12. The van der Waals surface area contributed by atoms with Crippen LogP contribution in [0.5, 0.6) is 5.75 Å². The molecule has 0 aliphatic rings. The molecule has 1 rings (SSSR count). The van der Waals surface area contributed by atoms with E-state index in [0.29, 0.717) is 19.8 Å². The zero-order valence-corrected chi connectivity index (χ0v) is 9.32. The lowest BCUT2D eigenvalue weighted by molar-refractivity contribution is 0.0897. The Balaban J connectivity index is 2.21. The zero-order chi connectivity index (χ0) is 11.6. The second-order valence-corrected chi connectivity index (χ2v) is 3.33. The summed E-state index contributed by atoms with van der Waals surface area (Å²) < 4.78 is 22.0. The SMILES string of the molecule is NCCc1ccc(OCCOCCF)cc1. The Hall–Kier alpha value is -1.13. The molecule has 0 aliphatic heterocycles. The molecule has 1 aromatic carbocycles. The van der Waals surface area contributed by atoms with Crippen LogP contribution in [0, 0.1) is 0 Å². The lowest BCUT2D eigenvalue weighted by Gasteiger charge is -2.07. The maximum absolute atomic E-state index is 11.7. The van der Waals surface area contributed by atoms with Gasteiger partial charge in [0.1, 0.15) is 19.0 Å². The largest absolute Gasteiger partial charge is 0.491 e. The Morgan fingerprint density at radius 3 is 2.44 bits per heavy atom. The summed E-state index contributed by atoms with van der Waals surface area (Å²) in [6.07, 6.45) is 0.875. The molecular formula is C12H18FNO2. The Kier molecular flexibility index (Phi) is 6.53. The summed E-state index contributed by atoms with van der Waals surface area (Å²) in [5.74, 6) is 0.796. The van der Waals surface area contributed by atoms with Crippen LogP contribution in [-0.2, 0) is 11.2 Å². The number of hydrogen-bond donors (Lipinski definition) is 1. The maximum Gasteiger partial charge on any atom is 0.119 e. The van der Waals surface area contributed by atoms with Gasteiger partial charge in [-0.05, 0) is 30.7 Å². The van der Waals surface area contributed by atoms with Crippen LogP contribution in [0.2, 0.25) is 0 Å². The number of rotatable bonds is 8. The highest BCUT2D eigenvalue weighted by atomic mass is 19.1. The van der Waals surface area contributed by atoms with Gasteiger partial charge in [-0.1, -0.05) is 12.1 Å². The third-order valence-electron chi connectivity index (χ3n) is 2.07. The van der Waals surface area contributed by atoms with Crippen LogP contribution in [0.15, 0.2) is 24.3 Å². The van der Waals surface area contributed by atoms with Crippen LogP contribution >= 0.6 is 0 Å². The second kappa shape index (κ2) is 8.07. The average Bonchev–Trinajstić information content (AvgIpc) is 2.31. The summed E-state index contributed by atoms with van der Waals surface area (Å²) in [4.78, 5) is 0. The lowest BCUT2D eigenvalue weighted by atomic mass is 10.1. The fourth-order valence-corrected chi connectivity index (χ4v) is 1.29. The van der Waals surface area contributed by atoms with Crippen molar-refractivity contribution in [2.45, 2.75) is 6.42 Å². The van der Waals surface area contributed by atoms with Gasteiger partial charge in [0.25, 0.3) is 0 Å². The molecule has 0 fully saturated rings. The van der Waals surface area contributed by atoms with Crippen molar-refractivity contribution < 1.29 is 13.9 Å². The number of hydrogen-bond acceptors (Lipinski definition) is 3. The van der Waals surface area contributed by atoms with E-state index < -0.39 is 6.67 Å². The van der Waals surface area contributed by atoms with Gasteiger partial charge in [-0.15, -0.1) is 0 Å². The lowest BCUT2D eigenvalue weighted by Crippen LogP contribution is -2.08. The normalized spacial score (nSPS) is 10.4. The number of nitrogens with two attached hydrogens (primary N) is 1. The van der Waals surface area contributed by atoms with Crippen molar-refractivity contribution >= 4 is 0 Å². The van der Waals surface area contributed by atoms with E-state index in [2.05, 4.69) is 0 Å². The molecule has 1 aromatic rings. The van der Waals surface area contributed by atoms with Crippen molar-refractivity contribution in [3.63, 3.8) is 0 Å². The molecule has 0 unspecified atom stereocenters. The summed E-state index contributed by atoms with van der Waals surface area (Å²) in [5.41, 5.74) is 6.64. The quantitative estimate of drug-likeness (QED) is 0.685. The Morgan fingerprint density at radius 1 is 1.06 bits per heavy atom. The van der Waals surface area contributed by atoms with Crippen LogP contribution in [0.25, 0.3) is 0 Å². The van der Waals surface area contributed by atoms with E-state index in [1.165, 1.54) is 5.56 Å². The Morgan fingerprint density at radius 2 is 1.81 bits per heavy atom. The number of ether oxygens (including phenoxy) is 2. The van der Waals surface area contributed by atoms with Crippen molar-refractivity contribution in [1.82, 2.24) is 0 Å². The summed E-state index contributed by atoms with van der Waals surface area (Å²) >= 11 is 0. The summed E-state index contributed by atoms with van der Waals surface area (Å²) in [7, 11) is 0.